The fraction of sp³-hybridized carbons (Fsp3) is 0.538. The van der Waals surface area contributed by atoms with Crippen LogP contribution in [0.15, 0.2) is 18.2 Å². The maximum Gasteiger partial charge on any atom is 0.131 e. The van der Waals surface area contributed by atoms with E-state index in [-0.39, 0.29) is 22.9 Å². The summed E-state index contributed by atoms with van der Waals surface area (Å²) in [6, 6.07) is 4.92. The summed E-state index contributed by atoms with van der Waals surface area (Å²) >= 11 is 3.53. The van der Waals surface area contributed by atoms with Gasteiger partial charge in [0.1, 0.15) is 11.6 Å². The summed E-state index contributed by atoms with van der Waals surface area (Å²) in [6.45, 7) is 2.05. The van der Waals surface area contributed by atoms with Crippen molar-refractivity contribution in [3.63, 3.8) is 0 Å². The molecule has 1 heterocycles. The van der Waals surface area contributed by atoms with Crippen LogP contribution in [0.3, 0.4) is 0 Å². The van der Waals surface area contributed by atoms with Gasteiger partial charge in [0.15, 0.2) is 0 Å². The molecule has 1 saturated heterocycles. The SMILES string of the molecule is COc1ccc(C(Br)C2CCC(C)O2)c(F)c1. The average Bonchev–Trinajstić information content (AvgIpc) is 2.75. The van der Waals surface area contributed by atoms with Crippen molar-refractivity contribution in [1.29, 1.82) is 0 Å². The van der Waals surface area contributed by atoms with Crippen LogP contribution < -0.4 is 4.74 Å². The van der Waals surface area contributed by atoms with E-state index in [4.69, 9.17) is 9.47 Å². The first-order valence-electron chi connectivity index (χ1n) is 5.74. The first-order chi connectivity index (χ1) is 8.11. The Morgan fingerprint density at radius 1 is 1.47 bits per heavy atom. The van der Waals surface area contributed by atoms with Gasteiger partial charge < -0.3 is 9.47 Å². The Kier molecular flexibility index (Phi) is 4.05. The molecule has 1 aromatic rings. The van der Waals surface area contributed by atoms with Gasteiger partial charge in [0.05, 0.1) is 24.1 Å². The molecule has 0 aliphatic carbocycles. The minimum Gasteiger partial charge on any atom is -0.497 e. The molecular weight excluding hydrogens is 287 g/mol. The van der Waals surface area contributed by atoms with Gasteiger partial charge in [-0.25, -0.2) is 4.39 Å². The number of methoxy groups -OCH3 is 1. The molecule has 94 valence electrons. The van der Waals surface area contributed by atoms with Crippen LogP contribution in [0.5, 0.6) is 5.75 Å². The highest BCUT2D eigenvalue weighted by atomic mass is 79.9. The second kappa shape index (κ2) is 5.36. The maximum atomic E-state index is 13.9. The van der Waals surface area contributed by atoms with E-state index < -0.39 is 0 Å². The molecule has 1 aliphatic rings. The van der Waals surface area contributed by atoms with E-state index in [1.165, 1.54) is 13.2 Å². The van der Waals surface area contributed by atoms with Crippen LogP contribution in [0.1, 0.15) is 30.2 Å². The van der Waals surface area contributed by atoms with E-state index >= 15 is 0 Å². The number of alkyl halides is 1. The predicted molar refractivity (Wildman–Crippen MR) is 68.2 cm³/mol. The van der Waals surface area contributed by atoms with Gasteiger partial charge in [-0.15, -0.1) is 0 Å². The van der Waals surface area contributed by atoms with Crippen LogP contribution in [-0.4, -0.2) is 19.3 Å². The first kappa shape index (κ1) is 12.8. The van der Waals surface area contributed by atoms with Crippen molar-refractivity contribution >= 4 is 15.9 Å². The third-order valence-corrected chi connectivity index (χ3v) is 4.18. The molecule has 1 aromatic carbocycles. The molecule has 0 N–H and O–H groups in total. The zero-order valence-corrected chi connectivity index (χ0v) is 11.5. The summed E-state index contributed by atoms with van der Waals surface area (Å²) in [5, 5.41) is 0. The second-order valence-electron chi connectivity index (χ2n) is 4.35. The van der Waals surface area contributed by atoms with Crippen molar-refractivity contribution in [3.8, 4) is 5.75 Å². The zero-order chi connectivity index (χ0) is 12.4. The normalized spacial score (nSPS) is 25.9. The van der Waals surface area contributed by atoms with Gasteiger partial charge in [0, 0.05) is 11.6 Å². The minimum atomic E-state index is -0.255. The molecule has 2 rings (SSSR count). The molecule has 4 heteroatoms. The maximum absolute atomic E-state index is 13.9. The van der Waals surface area contributed by atoms with Crippen molar-refractivity contribution in [2.45, 2.75) is 36.8 Å². The highest BCUT2D eigenvalue weighted by Gasteiger charge is 2.30. The molecule has 3 atom stereocenters. The quantitative estimate of drug-likeness (QED) is 0.790. The molecule has 0 aromatic heterocycles. The first-order valence-corrected chi connectivity index (χ1v) is 6.66. The van der Waals surface area contributed by atoms with Crippen LogP contribution in [-0.2, 0) is 4.74 Å². The Hall–Kier alpha value is -0.610. The van der Waals surface area contributed by atoms with Gasteiger partial charge >= 0.3 is 0 Å². The van der Waals surface area contributed by atoms with E-state index in [1.807, 2.05) is 6.92 Å². The smallest absolute Gasteiger partial charge is 0.131 e. The van der Waals surface area contributed by atoms with Gasteiger partial charge in [-0.3, -0.25) is 0 Å². The summed E-state index contributed by atoms with van der Waals surface area (Å²) in [6.07, 6.45) is 2.31. The molecule has 0 bridgehead atoms. The van der Waals surface area contributed by atoms with Crippen molar-refractivity contribution in [3.05, 3.63) is 29.6 Å². The third-order valence-electron chi connectivity index (χ3n) is 3.10. The van der Waals surface area contributed by atoms with E-state index in [9.17, 15) is 4.39 Å². The lowest BCUT2D eigenvalue weighted by Gasteiger charge is -2.19. The van der Waals surface area contributed by atoms with Crippen molar-refractivity contribution in [2.24, 2.45) is 0 Å². The predicted octanol–water partition coefficient (Wildman–Crippen LogP) is 3.84. The van der Waals surface area contributed by atoms with Gasteiger partial charge in [0.2, 0.25) is 0 Å². The van der Waals surface area contributed by atoms with Crippen molar-refractivity contribution < 1.29 is 13.9 Å². The van der Waals surface area contributed by atoms with Crippen LogP contribution >= 0.6 is 15.9 Å². The number of rotatable bonds is 3. The Morgan fingerprint density at radius 3 is 2.76 bits per heavy atom. The molecular formula is C13H16BrFO2. The standard InChI is InChI=1S/C13H16BrFO2/c1-8-3-6-12(17-8)13(14)10-5-4-9(16-2)7-11(10)15/h4-5,7-8,12-13H,3,6H2,1-2H3. The lowest BCUT2D eigenvalue weighted by atomic mass is 10.0. The molecule has 0 spiro atoms. The number of hydrogen-bond acceptors (Lipinski definition) is 2. The Labute approximate surface area is 109 Å². The highest BCUT2D eigenvalue weighted by molar-refractivity contribution is 9.09. The topological polar surface area (TPSA) is 18.5 Å². The fourth-order valence-corrected chi connectivity index (χ4v) is 2.87. The second-order valence-corrected chi connectivity index (χ2v) is 5.34. The van der Waals surface area contributed by atoms with Gasteiger partial charge in [-0.05, 0) is 25.8 Å². The van der Waals surface area contributed by atoms with E-state index in [0.717, 1.165) is 12.8 Å². The Morgan fingerprint density at radius 2 is 2.24 bits per heavy atom. The van der Waals surface area contributed by atoms with Gasteiger partial charge in [-0.2, -0.15) is 0 Å². The van der Waals surface area contributed by atoms with Crippen molar-refractivity contribution in [1.82, 2.24) is 0 Å². The summed E-state index contributed by atoms with van der Waals surface area (Å²) in [4.78, 5) is -0.0987. The van der Waals surface area contributed by atoms with Crippen LogP contribution in [0.4, 0.5) is 4.39 Å². The lowest BCUT2D eigenvalue weighted by Crippen LogP contribution is -2.15. The van der Waals surface area contributed by atoms with E-state index in [1.54, 1.807) is 12.1 Å². The lowest BCUT2D eigenvalue weighted by molar-refractivity contribution is 0.0551. The molecule has 0 saturated carbocycles. The molecule has 1 fully saturated rings. The molecule has 17 heavy (non-hydrogen) atoms. The Balaban J connectivity index is 2.16. The van der Waals surface area contributed by atoms with Crippen LogP contribution in [0.2, 0.25) is 0 Å². The summed E-state index contributed by atoms with van der Waals surface area (Å²) in [7, 11) is 1.53. The molecule has 1 aliphatic heterocycles. The Bertz CT molecular complexity index is 397. The largest absolute Gasteiger partial charge is 0.497 e. The summed E-state index contributed by atoms with van der Waals surface area (Å²) in [5.41, 5.74) is 0.630. The molecule has 0 radical (unpaired) electrons. The van der Waals surface area contributed by atoms with Gasteiger partial charge in [-0.1, -0.05) is 22.0 Å². The molecule has 3 unspecified atom stereocenters. The number of halogens is 2. The number of benzene rings is 1. The van der Waals surface area contributed by atoms with Crippen molar-refractivity contribution in [2.75, 3.05) is 7.11 Å². The molecule has 2 nitrogen and oxygen atoms in total. The average molecular weight is 303 g/mol. The summed E-state index contributed by atoms with van der Waals surface area (Å²) in [5.74, 6) is 0.279. The fourth-order valence-electron chi connectivity index (χ4n) is 2.11. The number of hydrogen-bond donors (Lipinski definition) is 0. The van der Waals surface area contributed by atoms with E-state index in [0.29, 0.717) is 11.3 Å². The monoisotopic (exact) mass is 302 g/mol. The molecule has 0 amide bonds. The number of ether oxygens (including phenoxy) is 2. The zero-order valence-electron chi connectivity index (χ0n) is 9.95. The van der Waals surface area contributed by atoms with E-state index in [2.05, 4.69) is 15.9 Å². The summed E-state index contributed by atoms with van der Waals surface area (Å²) < 4.78 is 24.6. The minimum absolute atomic E-state index is 0.0490. The van der Waals surface area contributed by atoms with Crippen LogP contribution in [0.25, 0.3) is 0 Å². The third kappa shape index (κ3) is 2.80. The highest BCUT2D eigenvalue weighted by Crippen LogP contribution is 2.37. The van der Waals surface area contributed by atoms with Crippen LogP contribution in [0, 0.1) is 5.82 Å². The van der Waals surface area contributed by atoms with Gasteiger partial charge in [0.25, 0.3) is 0 Å².